The Kier molecular flexibility index (Phi) is 5.33. The van der Waals surface area contributed by atoms with Crippen molar-refractivity contribution in [3.05, 3.63) is 64.7 Å². The molecule has 9 heteroatoms. The lowest BCUT2D eigenvalue weighted by atomic mass is 10.1. The van der Waals surface area contributed by atoms with Crippen LogP contribution in [0.4, 0.5) is 4.79 Å². The number of hydroxylamine groups is 2. The number of rotatable bonds is 2. The minimum Gasteiger partial charge on any atom is -0.490 e. The van der Waals surface area contributed by atoms with Crippen LogP contribution < -0.4 is 4.74 Å². The van der Waals surface area contributed by atoms with Gasteiger partial charge >= 0.3 is 12.1 Å². The molecule has 2 aliphatic heterocycles. The van der Waals surface area contributed by atoms with Crippen molar-refractivity contribution in [1.29, 1.82) is 0 Å². The lowest BCUT2D eigenvalue weighted by molar-refractivity contribution is -0.0586. The fraction of sp³-hybridized carbons (Fsp3) is 0.304. The Hall–Kier alpha value is -3.88. The van der Waals surface area contributed by atoms with E-state index < -0.39 is 29.5 Å². The first-order chi connectivity index (χ1) is 15.2. The van der Waals surface area contributed by atoms with Crippen LogP contribution in [-0.4, -0.2) is 52.6 Å². The minimum absolute atomic E-state index is 0.0464. The average molecular weight is 438 g/mol. The molecule has 4 rings (SSSR count). The second-order valence-electron chi connectivity index (χ2n) is 8.37. The van der Waals surface area contributed by atoms with E-state index in [0.29, 0.717) is 10.6 Å². The normalized spacial score (nSPS) is 15.5. The predicted octanol–water partition coefficient (Wildman–Crippen LogP) is 3.18. The molecule has 0 saturated heterocycles. The molecule has 0 bridgehead atoms. The standard InChI is InChI=1S/C23H22N2O7/c1-23(2,3)31-22(29)24-11-12-30-18-14(13-24)7-6-10-17(18)21(28)32-25-19(26)15-8-4-5-9-16(15)20(25)27/h4-10H,11-13H2,1-3H3. The Morgan fingerprint density at radius 1 is 0.969 bits per heavy atom. The van der Waals surface area contributed by atoms with Crippen molar-refractivity contribution in [1.82, 2.24) is 9.96 Å². The molecule has 0 aromatic heterocycles. The van der Waals surface area contributed by atoms with E-state index in [2.05, 4.69) is 0 Å². The Bertz CT molecular complexity index is 1080. The van der Waals surface area contributed by atoms with Crippen LogP contribution in [0.25, 0.3) is 0 Å². The van der Waals surface area contributed by atoms with E-state index in [4.69, 9.17) is 14.3 Å². The number of carbonyl (C=O) groups excluding carboxylic acids is 4. The van der Waals surface area contributed by atoms with Gasteiger partial charge in [0, 0.05) is 5.56 Å². The zero-order chi connectivity index (χ0) is 23.0. The van der Waals surface area contributed by atoms with E-state index in [1.807, 2.05) is 0 Å². The van der Waals surface area contributed by atoms with Gasteiger partial charge in [-0.3, -0.25) is 9.59 Å². The van der Waals surface area contributed by atoms with Crippen LogP contribution in [0.15, 0.2) is 42.5 Å². The second-order valence-corrected chi connectivity index (χ2v) is 8.37. The van der Waals surface area contributed by atoms with Gasteiger partial charge in [0.1, 0.15) is 23.5 Å². The van der Waals surface area contributed by atoms with Gasteiger partial charge in [0.15, 0.2) is 0 Å². The molecule has 2 aromatic rings. The summed E-state index contributed by atoms with van der Waals surface area (Å²) in [7, 11) is 0. The van der Waals surface area contributed by atoms with Crippen molar-refractivity contribution < 1.29 is 33.5 Å². The largest absolute Gasteiger partial charge is 0.490 e. The third kappa shape index (κ3) is 4.01. The number of para-hydroxylation sites is 1. The number of ether oxygens (including phenoxy) is 2. The average Bonchev–Trinajstić information content (AvgIpc) is 2.89. The molecule has 0 fully saturated rings. The lowest BCUT2D eigenvalue weighted by Crippen LogP contribution is -2.37. The number of hydrogen-bond acceptors (Lipinski definition) is 7. The topological polar surface area (TPSA) is 102 Å². The number of imide groups is 1. The fourth-order valence-electron chi connectivity index (χ4n) is 3.45. The summed E-state index contributed by atoms with van der Waals surface area (Å²) >= 11 is 0. The number of amides is 3. The summed E-state index contributed by atoms with van der Waals surface area (Å²) in [6, 6.07) is 11.0. The lowest BCUT2D eigenvalue weighted by Gasteiger charge is -2.26. The first-order valence-electron chi connectivity index (χ1n) is 10.1. The molecule has 2 heterocycles. The quantitative estimate of drug-likeness (QED) is 0.664. The highest BCUT2D eigenvalue weighted by atomic mass is 16.7. The predicted molar refractivity (Wildman–Crippen MR) is 111 cm³/mol. The van der Waals surface area contributed by atoms with Gasteiger partial charge in [0.05, 0.1) is 24.2 Å². The fourth-order valence-corrected chi connectivity index (χ4v) is 3.45. The summed E-state index contributed by atoms with van der Waals surface area (Å²) in [5.41, 5.74) is 0.309. The molecule has 0 saturated carbocycles. The van der Waals surface area contributed by atoms with E-state index >= 15 is 0 Å². The summed E-state index contributed by atoms with van der Waals surface area (Å²) in [5, 5.41) is 0.454. The molecule has 0 unspecified atom stereocenters. The summed E-state index contributed by atoms with van der Waals surface area (Å²) in [4.78, 5) is 57.0. The molecule has 3 amide bonds. The molecule has 0 aliphatic carbocycles. The van der Waals surface area contributed by atoms with Crippen LogP contribution in [0.2, 0.25) is 0 Å². The van der Waals surface area contributed by atoms with Crippen LogP contribution in [0.5, 0.6) is 5.75 Å². The third-order valence-electron chi connectivity index (χ3n) is 4.87. The van der Waals surface area contributed by atoms with Crippen LogP contribution in [0, 0.1) is 0 Å². The highest BCUT2D eigenvalue weighted by Crippen LogP contribution is 2.30. The highest BCUT2D eigenvalue weighted by molar-refractivity contribution is 6.21. The Labute approximate surface area is 184 Å². The minimum atomic E-state index is -0.915. The maximum absolute atomic E-state index is 12.9. The SMILES string of the molecule is CC(C)(C)OC(=O)N1CCOc2c(cccc2C(=O)ON2C(=O)c3ccccc3C2=O)C1. The molecule has 2 aromatic carbocycles. The van der Waals surface area contributed by atoms with Gasteiger partial charge < -0.3 is 19.2 Å². The van der Waals surface area contributed by atoms with E-state index in [1.54, 1.807) is 45.0 Å². The van der Waals surface area contributed by atoms with Crippen molar-refractivity contribution in [2.75, 3.05) is 13.2 Å². The van der Waals surface area contributed by atoms with Crippen molar-refractivity contribution in [2.24, 2.45) is 0 Å². The first kappa shape index (κ1) is 21.4. The summed E-state index contributed by atoms with van der Waals surface area (Å²) in [5.74, 6) is -2.10. The Morgan fingerprint density at radius 2 is 1.62 bits per heavy atom. The van der Waals surface area contributed by atoms with Gasteiger partial charge in [0.25, 0.3) is 11.8 Å². The van der Waals surface area contributed by atoms with Crippen molar-refractivity contribution in [2.45, 2.75) is 32.9 Å². The molecule has 0 spiro atoms. The second kappa shape index (κ2) is 7.99. The smallest absolute Gasteiger partial charge is 0.410 e. The van der Waals surface area contributed by atoms with E-state index in [1.165, 1.54) is 23.1 Å². The molecule has 9 nitrogen and oxygen atoms in total. The van der Waals surface area contributed by atoms with Gasteiger partial charge in [-0.05, 0) is 39.0 Å². The molecular weight excluding hydrogens is 416 g/mol. The summed E-state index contributed by atoms with van der Waals surface area (Å²) in [6.45, 7) is 5.89. The monoisotopic (exact) mass is 438 g/mol. The summed E-state index contributed by atoms with van der Waals surface area (Å²) in [6.07, 6.45) is -0.493. The zero-order valence-corrected chi connectivity index (χ0v) is 17.9. The van der Waals surface area contributed by atoms with Crippen molar-refractivity contribution >= 4 is 23.9 Å². The van der Waals surface area contributed by atoms with Crippen LogP contribution >= 0.6 is 0 Å². The van der Waals surface area contributed by atoms with Crippen molar-refractivity contribution in [3.8, 4) is 5.75 Å². The van der Waals surface area contributed by atoms with Gasteiger partial charge in [-0.25, -0.2) is 9.59 Å². The first-order valence-corrected chi connectivity index (χ1v) is 10.1. The van der Waals surface area contributed by atoms with E-state index in [0.717, 1.165) is 0 Å². The zero-order valence-electron chi connectivity index (χ0n) is 17.9. The van der Waals surface area contributed by atoms with Gasteiger partial charge in [-0.1, -0.05) is 29.3 Å². The molecule has 0 N–H and O–H groups in total. The maximum Gasteiger partial charge on any atom is 0.410 e. The molecule has 166 valence electrons. The van der Waals surface area contributed by atoms with E-state index in [-0.39, 0.29) is 42.1 Å². The third-order valence-corrected chi connectivity index (χ3v) is 4.87. The van der Waals surface area contributed by atoms with Gasteiger partial charge in [0.2, 0.25) is 0 Å². The van der Waals surface area contributed by atoms with Crippen LogP contribution in [0.1, 0.15) is 57.4 Å². The molecule has 0 radical (unpaired) electrons. The summed E-state index contributed by atoms with van der Waals surface area (Å²) < 4.78 is 11.2. The van der Waals surface area contributed by atoms with Crippen molar-refractivity contribution in [3.63, 3.8) is 0 Å². The molecule has 0 atom stereocenters. The number of carbonyl (C=O) groups is 4. The number of hydrogen-bond donors (Lipinski definition) is 0. The number of benzene rings is 2. The van der Waals surface area contributed by atoms with E-state index in [9.17, 15) is 19.2 Å². The molecule has 2 aliphatic rings. The number of fused-ring (bicyclic) bond motifs is 2. The molecule has 32 heavy (non-hydrogen) atoms. The highest BCUT2D eigenvalue weighted by Gasteiger charge is 2.39. The van der Waals surface area contributed by atoms with Crippen LogP contribution in [0.3, 0.4) is 0 Å². The molecular formula is C23H22N2O7. The number of nitrogens with zero attached hydrogens (tertiary/aromatic N) is 2. The van der Waals surface area contributed by atoms with Gasteiger partial charge in [-0.2, -0.15) is 0 Å². The van der Waals surface area contributed by atoms with Gasteiger partial charge in [-0.15, -0.1) is 0 Å². The van der Waals surface area contributed by atoms with Crippen LogP contribution in [-0.2, 0) is 16.1 Å². The maximum atomic E-state index is 12.9. The Balaban J connectivity index is 1.55. The Morgan fingerprint density at radius 3 is 2.25 bits per heavy atom.